The number of para-hydroxylation sites is 1. The van der Waals surface area contributed by atoms with Crippen molar-refractivity contribution in [3.05, 3.63) is 137 Å². The Morgan fingerprint density at radius 1 is 0.784 bits per heavy atom. The van der Waals surface area contributed by atoms with Crippen LogP contribution in [-0.4, -0.2) is 14.7 Å². The molecule has 182 valence electrons. The van der Waals surface area contributed by atoms with Crippen LogP contribution in [0.25, 0.3) is 5.69 Å². The van der Waals surface area contributed by atoms with Gasteiger partial charge in [0.25, 0.3) is 0 Å². The fourth-order valence-corrected chi connectivity index (χ4v) is 5.46. The molecule has 1 saturated heterocycles. The lowest BCUT2D eigenvalue weighted by Crippen LogP contribution is -2.30. The van der Waals surface area contributed by atoms with Crippen molar-refractivity contribution in [2.45, 2.75) is 12.1 Å². The van der Waals surface area contributed by atoms with Gasteiger partial charge in [0, 0.05) is 33.9 Å². The Balaban J connectivity index is 1.41. The Morgan fingerprint density at radius 3 is 2.32 bits per heavy atom. The van der Waals surface area contributed by atoms with Crippen molar-refractivity contribution in [1.82, 2.24) is 14.9 Å². The van der Waals surface area contributed by atoms with Crippen molar-refractivity contribution in [1.29, 1.82) is 0 Å². The average molecular weight is 568 g/mol. The molecule has 0 aliphatic carbocycles. The summed E-state index contributed by atoms with van der Waals surface area (Å²) < 4.78 is 9.25. The van der Waals surface area contributed by atoms with Crippen LogP contribution < -0.4 is 15.0 Å². The number of thiocarbonyl (C=S) groups is 1. The second-order valence-electron chi connectivity index (χ2n) is 8.69. The number of aromatic nitrogens is 2. The minimum Gasteiger partial charge on any atom is -0.457 e. The predicted molar refractivity (Wildman–Crippen MR) is 154 cm³/mol. The van der Waals surface area contributed by atoms with Crippen molar-refractivity contribution >= 4 is 38.9 Å². The van der Waals surface area contributed by atoms with Crippen LogP contribution in [0.5, 0.6) is 11.5 Å². The molecule has 0 amide bonds. The van der Waals surface area contributed by atoms with Gasteiger partial charge in [-0.05, 0) is 91.1 Å². The van der Waals surface area contributed by atoms with Gasteiger partial charge in [-0.25, -0.2) is 0 Å². The Morgan fingerprint density at radius 2 is 1.57 bits per heavy atom. The number of benzene rings is 3. The van der Waals surface area contributed by atoms with Crippen LogP contribution in [0.4, 0.5) is 5.69 Å². The molecule has 1 fully saturated rings. The van der Waals surface area contributed by atoms with E-state index in [1.54, 1.807) is 0 Å². The summed E-state index contributed by atoms with van der Waals surface area (Å²) in [6, 6.07) is 36.0. The van der Waals surface area contributed by atoms with Gasteiger partial charge < -0.3 is 19.5 Å². The van der Waals surface area contributed by atoms with Crippen LogP contribution in [-0.2, 0) is 0 Å². The summed E-state index contributed by atoms with van der Waals surface area (Å²) in [5, 5.41) is 4.19. The van der Waals surface area contributed by atoms with E-state index in [2.05, 4.69) is 66.2 Å². The molecule has 3 heterocycles. The number of pyridine rings is 1. The fourth-order valence-electron chi connectivity index (χ4n) is 4.73. The van der Waals surface area contributed by atoms with E-state index in [1.807, 2.05) is 91.1 Å². The van der Waals surface area contributed by atoms with Gasteiger partial charge in [0.05, 0.1) is 11.7 Å². The van der Waals surface area contributed by atoms with Crippen LogP contribution in [0.1, 0.15) is 23.5 Å². The Labute approximate surface area is 229 Å². The first-order valence-corrected chi connectivity index (χ1v) is 13.1. The van der Waals surface area contributed by atoms with Gasteiger partial charge in [0.1, 0.15) is 17.5 Å². The summed E-state index contributed by atoms with van der Waals surface area (Å²) in [5.41, 5.74) is 4.08. The number of rotatable bonds is 6. The summed E-state index contributed by atoms with van der Waals surface area (Å²) in [6.07, 6.45) is 3.91. The molecule has 37 heavy (non-hydrogen) atoms. The van der Waals surface area contributed by atoms with Crippen LogP contribution in [0.15, 0.2) is 126 Å². The summed E-state index contributed by atoms with van der Waals surface area (Å²) in [5.74, 6) is 1.57. The third-order valence-corrected chi connectivity index (χ3v) is 7.17. The van der Waals surface area contributed by atoms with E-state index in [4.69, 9.17) is 17.0 Å². The number of halogens is 1. The number of hydrogen-bond acceptors (Lipinski definition) is 3. The third kappa shape index (κ3) is 4.75. The molecule has 5 aromatic rings. The van der Waals surface area contributed by atoms with E-state index in [0.717, 1.165) is 38.7 Å². The van der Waals surface area contributed by atoms with Gasteiger partial charge in [-0.2, -0.15) is 0 Å². The first-order valence-electron chi connectivity index (χ1n) is 11.9. The van der Waals surface area contributed by atoms with Crippen molar-refractivity contribution < 1.29 is 4.74 Å². The number of ether oxygens (including phenoxy) is 1. The average Bonchev–Trinajstić information content (AvgIpc) is 3.55. The Bertz CT molecular complexity index is 1520. The summed E-state index contributed by atoms with van der Waals surface area (Å²) in [4.78, 5) is 6.85. The van der Waals surface area contributed by atoms with Crippen LogP contribution in [0, 0.1) is 0 Å². The molecule has 6 rings (SSSR count). The molecule has 2 atom stereocenters. The van der Waals surface area contributed by atoms with Gasteiger partial charge in [-0.1, -0.05) is 46.3 Å². The van der Waals surface area contributed by atoms with E-state index in [0.29, 0.717) is 5.11 Å². The molecule has 1 N–H and O–H groups in total. The maximum Gasteiger partial charge on any atom is 0.174 e. The van der Waals surface area contributed by atoms with E-state index in [9.17, 15) is 0 Å². The largest absolute Gasteiger partial charge is 0.457 e. The SMILES string of the molecule is S=C1N[C@@H](c2ccccn2)[C@H](c2cccn2-c2cccc(Br)c2)N1c1ccc(Oc2ccccc2)cc1. The molecule has 0 saturated carbocycles. The van der Waals surface area contributed by atoms with Gasteiger partial charge >= 0.3 is 0 Å². The maximum atomic E-state index is 6.01. The molecule has 0 radical (unpaired) electrons. The molecule has 0 unspecified atom stereocenters. The van der Waals surface area contributed by atoms with E-state index in [1.165, 1.54) is 0 Å². The third-order valence-electron chi connectivity index (χ3n) is 6.36. The molecule has 7 heteroatoms. The zero-order valence-electron chi connectivity index (χ0n) is 19.7. The monoisotopic (exact) mass is 566 g/mol. The van der Waals surface area contributed by atoms with Gasteiger partial charge in [-0.3, -0.25) is 4.98 Å². The highest BCUT2D eigenvalue weighted by Gasteiger charge is 2.42. The first kappa shape index (κ1) is 23.5. The van der Waals surface area contributed by atoms with Crippen molar-refractivity contribution in [2.24, 2.45) is 0 Å². The molecular formula is C30H23BrN4OS. The summed E-state index contributed by atoms with van der Waals surface area (Å²) in [6.45, 7) is 0. The fraction of sp³-hybridized carbons (Fsp3) is 0.0667. The first-order chi connectivity index (χ1) is 18.2. The number of nitrogens with zero attached hydrogens (tertiary/aromatic N) is 3. The minimum absolute atomic E-state index is 0.128. The van der Waals surface area contributed by atoms with Gasteiger partial charge in [0.2, 0.25) is 0 Å². The molecule has 1 aliphatic rings. The smallest absolute Gasteiger partial charge is 0.174 e. The Kier molecular flexibility index (Phi) is 6.47. The van der Waals surface area contributed by atoms with Crippen LogP contribution in [0.2, 0.25) is 0 Å². The summed E-state index contributed by atoms with van der Waals surface area (Å²) in [7, 11) is 0. The molecule has 2 aromatic heterocycles. The lowest BCUT2D eigenvalue weighted by molar-refractivity contribution is 0.482. The number of nitrogens with one attached hydrogen (secondary N) is 1. The zero-order chi connectivity index (χ0) is 25.2. The molecule has 0 bridgehead atoms. The standard InChI is InChI=1S/C30H23BrN4OS/c31-21-8-6-9-23(20-21)34-19-7-13-27(34)29-28(26-12-4-5-18-32-26)33-30(37)35(29)22-14-16-25(17-15-22)36-24-10-2-1-3-11-24/h1-20,28-29H,(H,33,37)/t28-,29-/m0/s1. The highest BCUT2D eigenvalue weighted by Crippen LogP contribution is 2.42. The zero-order valence-corrected chi connectivity index (χ0v) is 22.1. The highest BCUT2D eigenvalue weighted by molar-refractivity contribution is 9.10. The number of anilines is 1. The van der Waals surface area contributed by atoms with E-state index >= 15 is 0 Å². The maximum absolute atomic E-state index is 6.01. The van der Waals surface area contributed by atoms with Gasteiger partial charge in [-0.15, -0.1) is 0 Å². The lowest BCUT2D eigenvalue weighted by atomic mass is 10.0. The van der Waals surface area contributed by atoms with Crippen molar-refractivity contribution in [3.8, 4) is 17.2 Å². The molecule has 5 nitrogen and oxygen atoms in total. The molecule has 0 spiro atoms. The van der Waals surface area contributed by atoms with Crippen LogP contribution in [0.3, 0.4) is 0 Å². The Hall–Kier alpha value is -3.94. The predicted octanol–water partition coefficient (Wildman–Crippen LogP) is 7.60. The molecule has 1 aliphatic heterocycles. The van der Waals surface area contributed by atoms with E-state index in [-0.39, 0.29) is 12.1 Å². The van der Waals surface area contributed by atoms with Crippen molar-refractivity contribution in [2.75, 3.05) is 4.90 Å². The highest BCUT2D eigenvalue weighted by atomic mass is 79.9. The second-order valence-corrected chi connectivity index (χ2v) is 9.99. The van der Waals surface area contributed by atoms with E-state index < -0.39 is 0 Å². The molecule has 3 aromatic carbocycles. The van der Waals surface area contributed by atoms with Crippen LogP contribution >= 0.6 is 28.1 Å². The quantitative estimate of drug-likeness (QED) is 0.214. The van der Waals surface area contributed by atoms with Gasteiger partial charge in [0.15, 0.2) is 5.11 Å². The molecular weight excluding hydrogens is 544 g/mol. The summed E-state index contributed by atoms with van der Waals surface area (Å²) >= 11 is 9.52. The van der Waals surface area contributed by atoms with Crippen molar-refractivity contribution in [3.63, 3.8) is 0 Å². The lowest BCUT2D eigenvalue weighted by Gasteiger charge is -2.29. The minimum atomic E-state index is -0.130. The number of hydrogen-bond donors (Lipinski definition) is 1. The second kappa shape index (κ2) is 10.2. The normalized spacial score (nSPS) is 17.0. The topological polar surface area (TPSA) is 42.3 Å².